The number of rotatable bonds is 2. The summed E-state index contributed by atoms with van der Waals surface area (Å²) in [6, 6.07) is 5.85. The second-order valence-corrected chi connectivity index (χ2v) is 6.06. The first-order valence-electron chi connectivity index (χ1n) is 3.76. The Kier molecular flexibility index (Phi) is 3.64. The summed E-state index contributed by atoms with van der Waals surface area (Å²) in [7, 11) is -5.07. The van der Waals surface area contributed by atoms with E-state index in [1.807, 2.05) is 22.6 Å². The monoisotopic (exact) mass is 350 g/mol. The first-order chi connectivity index (χ1) is 6.72. The highest BCUT2D eigenvalue weighted by molar-refractivity contribution is 14.1. The second kappa shape index (κ2) is 4.28. The zero-order valence-electron chi connectivity index (χ0n) is 7.25. The van der Waals surface area contributed by atoms with Gasteiger partial charge in [0.1, 0.15) is 0 Å². The minimum absolute atomic E-state index is 0.132. The predicted octanol–water partition coefficient (Wildman–Crippen LogP) is 2.73. The van der Waals surface area contributed by atoms with Gasteiger partial charge in [0.15, 0.2) is 0 Å². The van der Waals surface area contributed by atoms with Crippen LogP contribution >= 0.6 is 22.6 Å². The van der Waals surface area contributed by atoms with Crippen molar-refractivity contribution in [2.24, 2.45) is 0 Å². The van der Waals surface area contributed by atoms with Crippen molar-refractivity contribution in [2.75, 3.05) is 0 Å². The number of hydrogen-bond acceptors (Lipinski definition) is 2. The summed E-state index contributed by atoms with van der Waals surface area (Å²) < 4.78 is 58.4. The Labute approximate surface area is 98.5 Å². The van der Waals surface area contributed by atoms with Gasteiger partial charge in [-0.1, -0.05) is 12.1 Å². The highest BCUT2D eigenvalue weighted by Gasteiger charge is 2.45. The summed E-state index contributed by atoms with van der Waals surface area (Å²) in [6.07, 6.45) is 0. The Hall–Kier alpha value is -0.310. The van der Waals surface area contributed by atoms with Gasteiger partial charge >= 0.3 is 5.51 Å². The molecule has 0 radical (unpaired) electrons. The zero-order valence-corrected chi connectivity index (χ0v) is 10.2. The van der Waals surface area contributed by atoms with Crippen LogP contribution in [0, 0.1) is 3.57 Å². The van der Waals surface area contributed by atoms with E-state index in [1.54, 1.807) is 12.1 Å². The van der Waals surface area contributed by atoms with Crippen LogP contribution in [0.1, 0.15) is 5.56 Å². The van der Waals surface area contributed by atoms with Crippen molar-refractivity contribution in [1.82, 2.24) is 0 Å². The van der Waals surface area contributed by atoms with Crippen molar-refractivity contribution in [3.63, 3.8) is 0 Å². The third kappa shape index (κ3) is 3.33. The fourth-order valence-electron chi connectivity index (χ4n) is 0.882. The van der Waals surface area contributed by atoms with Crippen LogP contribution in [-0.2, 0) is 15.6 Å². The molecule has 0 unspecified atom stereocenters. The minimum atomic E-state index is -5.18. The summed E-state index contributed by atoms with van der Waals surface area (Å²) in [5.74, 6) is -1.01. The van der Waals surface area contributed by atoms with Crippen LogP contribution in [-0.4, -0.2) is 13.9 Å². The molecule has 0 N–H and O–H groups in total. The average molecular weight is 350 g/mol. The lowest BCUT2D eigenvalue weighted by Gasteiger charge is -2.07. The van der Waals surface area contributed by atoms with Crippen LogP contribution in [0.5, 0.6) is 0 Å². The molecule has 0 aromatic heterocycles. The van der Waals surface area contributed by atoms with Gasteiger partial charge in [0.25, 0.3) is 9.84 Å². The van der Waals surface area contributed by atoms with Crippen LogP contribution in [0.2, 0.25) is 0 Å². The van der Waals surface area contributed by atoms with E-state index in [9.17, 15) is 21.6 Å². The molecule has 0 atom stereocenters. The number of alkyl halides is 3. The Morgan fingerprint density at radius 1 is 1.13 bits per heavy atom. The highest BCUT2D eigenvalue weighted by Crippen LogP contribution is 2.26. The van der Waals surface area contributed by atoms with Gasteiger partial charge in [-0.3, -0.25) is 0 Å². The van der Waals surface area contributed by atoms with Crippen molar-refractivity contribution < 1.29 is 21.6 Å². The van der Waals surface area contributed by atoms with Gasteiger partial charge in [-0.15, -0.1) is 0 Å². The van der Waals surface area contributed by atoms with E-state index in [1.165, 1.54) is 12.1 Å². The highest BCUT2D eigenvalue weighted by atomic mass is 127. The number of halogens is 4. The molecule has 0 heterocycles. The summed E-state index contributed by atoms with van der Waals surface area (Å²) in [6.45, 7) is 0. The summed E-state index contributed by atoms with van der Waals surface area (Å²) >= 11 is 1.98. The Morgan fingerprint density at radius 3 is 2.00 bits per heavy atom. The number of benzene rings is 1. The largest absolute Gasteiger partial charge is 0.497 e. The third-order valence-corrected chi connectivity index (χ3v) is 3.76. The topological polar surface area (TPSA) is 34.1 Å². The molecule has 1 aromatic carbocycles. The fourth-order valence-corrected chi connectivity index (χ4v) is 2.04. The van der Waals surface area contributed by atoms with E-state index in [-0.39, 0.29) is 5.56 Å². The smallest absolute Gasteiger partial charge is 0.219 e. The zero-order chi connectivity index (χ0) is 11.7. The molecule has 2 nitrogen and oxygen atoms in total. The molecule has 0 fully saturated rings. The molecule has 0 saturated heterocycles. The Balaban J connectivity index is 2.93. The molecule has 0 aliphatic heterocycles. The quantitative estimate of drug-likeness (QED) is 0.769. The summed E-state index contributed by atoms with van der Waals surface area (Å²) in [4.78, 5) is 0. The molecular formula is C8H6F3IO2S. The van der Waals surface area contributed by atoms with Gasteiger partial charge in [0.05, 0.1) is 5.75 Å². The van der Waals surface area contributed by atoms with Gasteiger partial charge < -0.3 is 0 Å². The molecule has 1 aromatic rings. The van der Waals surface area contributed by atoms with Crippen molar-refractivity contribution >= 4 is 32.4 Å². The van der Waals surface area contributed by atoms with Crippen LogP contribution in [0.3, 0.4) is 0 Å². The van der Waals surface area contributed by atoms with Gasteiger partial charge in [0, 0.05) is 3.57 Å². The molecule has 84 valence electrons. The maximum absolute atomic E-state index is 12.0. The molecule has 15 heavy (non-hydrogen) atoms. The number of sulfone groups is 1. The SMILES string of the molecule is O=S(=O)(Cc1ccc(I)cc1)C(F)(F)F. The Bertz CT molecular complexity index is 436. The van der Waals surface area contributed by atoms with Crippen LogP contribution < -0.4 is 0 Å². The van der Waals surface area contributed by atoms with E-state index in [0.29, 0.717) is 0 Å². The molecule has 0 amide bonds. The van der Waals surface area contributed by atoms with Gasteiger partial charge in [-0.05, 0) is 40.3 Å². The third-order valence-electron chi connectivity index (χ3n) is 1.62. The summed E-state index contributed by atoms with van der Waals surface area (Å²) in [5, 5.41) is 0. The first-order valence-corrected chi connectivity index (χ1v) is 6.49. The predicted molar refractivity (Wildman–Crippen MR) is 57.8 cm³/mol. The summed E-state index contributed by atoms with van der Waals surface area (Å²) in [5.41, 5.74) is -5.05. The van der Waals surface area contributed by atoms with E-state index in [0.717, 1.165) is 3.57 Å². The standard InChI is InChI=1S/C8H6F3IO2S/c9-8(10,11)15(13,14)5-6-1-3-7(12)4-2-6/h1-4H,5H2. The molecule has 0 aliphatic carbocycles. The lowest BCUT2D eigenvalue weighted by molar-refractivity contribution is -0.0437. The molecule has 0 bridgehead atoms. The van der Waals surface area contributed by atoms with E-state index >= 15 is 0 Å². The van der Waals surface area contributed by atoms with E-state index in [4.69, 9.17) is 0 Å². The molecule has 0 aliphatic rings. The van der Waals surface area contributed by atoms with Crippen molar-refractivity contribution in [2.45, 2.75) is 11.3 Å². The lowest BCUT2D eigenvalue weighted by atomic mass is 10.2. The van der Waals surface area contributed by atoms with Gasteiger partial charge in [0.2, 0.25) is 0 Å². The normalized spacial score (nSPS) is 12.8. The molecule has 0 saturated carbocycles. The molecule has 0 spiro atoms. The van der Waals surface area contributed by atoms with E-state index < -0.39 is 21.1 Å². The Morgan fingerprint density at radius 2 is 1.60 bits per heavy atom. The lowest BCUT2D eigenvalue weighted by Crippen LogP contribution is -2.24. The number of hydrogen-bond donors (Lipinski definition) is 0. The average Bonchev–Trinajstić information content (AvgIpc) is 2.06. The first kappa shape index (κ1) is 12.8. The minimum Gasteiger partial charge on any atom is -0.219 e. The molecular weight excluding hydrogens is 344 g/mol. The van der Waals surface area contributed by atoms with E-state index in [2.05, 4.69) is 0 Å². The maximum Gasteiger partial charge on any atom is 0.497 e. The molecule has 1 rings (SSSR count). The van der Waals surface area contributed by atoms with Crippen LogP contribution in [0.4, 0.5) is 13.2 Å². The maximum atomic E-state index is 12.0. The van der Waals surface area contributed by atoms with Crippen molar-refractivity contribution in [1.29, 1.82) is 0 Å². The van der Waals surface area contributed by atoms with Crippen molar-refractivity contribution in [3.05, 3.63) is 33.4 Å². The van der Waals surface area contributed by atoms with Crippen LogP contribution in [0.15, 0.2) is 24.3 Å². The van der Waals surface area contributed by atoms with Crippen molar-refractivity contribution in [3.8, 4) is 0 Å². The van der Waals surface area contributed by atoms with Gasteiger partial charge in [-0.25, -0.2) is 8.42 Å². The van der Waals surface area contributed by atoms with Gasteiger partial charge in [-0.2, -0.15) is 13.2 Å². The second-order valence-electron chi connectivity index (χ2n) is 2.83. The van der Waals surface area contributed by atoms with Crippen LogP contribution in [0.25, 0.3) is 0 Å². The fraction of sp³-hybridized carbons (Fsp3) is 0.250. The molecule has 7 heteroatoms.